The van der Waals surface area contributed by atoms with Crippen molar-refractivity contribution in [1.82, 2.24) is 5.32 Å². The van der Waals surface area contributed by atoms with Gasteiger partial charge in [0.1, 0.15) is 0 Å². The molecule has 0 aliphatic heterocycles. The van der Waals surface area contributed by atoms with Gasteiger partial charge in [-0.2, -0.15) is 0 Å². The number of carbonyl (C=O) groups is 2. The van der Waals surface area contributed by atoms with Gasteiger partial charge in [-0.25, -0.2) is 4.79 Å². The van der Waals surface area contributed by atoms with E-state index in [1.165, 1.54) is 18.2 Å². The van der Waals surface area contributed by atoms with Crippen LogP contribution in [0.1, 0.15) is 15.9 Å². The maximum absolute atomic E-state index is 11.9. The first-order valence-electron chi connectivity index (χ1n) is 6.69. The van der Waals surface area contributed by atoms with Crippen LogP contribution in [0.4, 0.5) is 5.69 Å². The molecule has 2 aromatic rings. The Hall–Kier alpha value is -2.24. The topological polar surface area (TPSA) is 81.4 Å². The van der Waals surface area contributed by atoms with Gasteiger partial charge >= 0.3 is 5.97 Å². The van der Waals surface area contributed by atoms with Gasteiger partial charge < -0.3 is 15.8 Å². The summed E-state index contributed by atoms with van der Waals surface area (Å²) in [6.45, 7) is -0.162. The first kappa shape index (κ1) is 17.1. The summed E-state index contributed by atoms with van der Waals surface area (Å²) in [4.78, 5) is 23.6. The van der Waals surface area contributed by atoms with E-state index in [1.54, 1.807) is 18.2 Å². The molecule has 5 nitrogen and oxygen atoms in total. The van der Waals surface area contributed by atoms with Crippen molar-refractivity contribution in [2.75, 3.05) is 12.3 Å². The fraction of sp³-hybridized carbons (Fsp3) is 0.125. The lowest BCUT2D eigenvalue weighted by atomic mass is 10.2. The molecule has 0 aliphatic carbocycles. The van der Waals surface area contributed by atoms with Gasteiger partial charge in [0.2, 0.25) is 0 Å². The lowest BCUT2D eigenvalue weighted by Gasteiger charge is -2.09. The van der Waals surface area contributed by atoms with Crippen LogP contribution in [-0.4, -0.2) is 18.5 Å². The smallest absolute Gasteiger partial charge is 0.340 e. The Bertz CT molecular complexity index is 735. The van der Waals surface area contributed by atoms with Crippen LogP contribution < -0.4 is 11.1 Å². The summed E-state index contributed by atoms with van der Waals surface area (Å²) in [6, 6.07) is 11.5. The van der Waals surface area contributed by atoms with Crippen LogP contribution in [0.15, 0.2) is 42.5 Å². The highest BCUT2D eigenvalue weighted by molar-refractivity contribution is 6.31. The van der Waals surface area contributed by atoms with Crippen LogP contribution in [0, 0.1) is 0 Å². The fourth-order valence-electron chi connectivity index (χ4n) is 1.81. The second-order valence-corrected chi connectivity index (χ2v) is 5.52. The SMILES string of the molecule is Nc1cc(Cl)ccc1C(=O)OCC(=O)NCc1ccccc1Cl. The average molecular weight is 353 g/mol. The van der Waals surface area contributed by atoms with E-state index in [1.807, 2.05) is 6.07 Å². The van der Waals surface area contributed by atoms with Crippen molar-refractivity contribution in [1.29, 1.82) is 0 Å². The maximum atomic E-state index is 11.9. The molecule has 0 saturated heterocycles. The summed E-state index contributed by atoms with van der Waals surface area (Å²) in [5.41, 5.74) is 6.81. The van der Waals surface area contributed by atoms with Gasteiger partial charge in [-0.05, 0) is 29.8 Å². The standard InChI is InChI=1S/C16H14Cl2N2O3/c17-11-5-6-12(14(19)7-11)16(22)23-9-15(21)20-8-10-3-1-2-4-13(10)18/h1-7H,8-9,19H2,(H,20,21). The number of benzene rings is 2. The fourth-order valence-corrected chi connectivity index (χ4v) is 2.20. The number of amides is 1. The van der Waals surface area contributed by atoms with Gasteiger partial charge in [0.05, 0.1) is 5.56 Å². The van der Waals surface area contributed by atoms with Crippen LogP contribution >= 0.6 is 23.2 Å². The Labute approximate surface area is 143 Å². The molecule has 3 N–H and O–H groups in total. The zero-order valence-corrected chi connectivity index (χ0v) is 13.5. The van der Waals surface area contributed by atoms with E-state index in [2.05, 4.69) is 5.32 Å². The molecule has 0 aliphatic rings. The molecule has 0 radical (unpaired) electrons. The van der Waals surface area contributed by atoms with E-state index in [-0.39, 0.29) is 17.8 Å². The van der Waals surface area contributed by atoms with Gasteiger partial charge in [0.15, 0.2) is 6.61 Å². The molecule has 0 spiro atoms. The number of halogens is 2. The summed E-state index contributed by atoms with van der Waals surface area (Å²) in [6.07, 6.45) is 0. The van der Waals surface area contributed by atoms with Gasteiger partial charge in [0.25, 0.3) is 5.91 Å². The van der Waals surface area contributed by atoms with Crippen molar-refractivity contribution >= 4 is 40.8 Å². The number of hydrogen-bond donors (Lipinski definition) is 2. The molecule has 2 aromatic carbocycles. The van der Waals surface area contributed by atoms with Crippen LogP contribution in [0.2, 0.25) is 10.0 Å². The van der Waals surface area contributed by atoms with Crippen LogP contribution in [0.25, 0.3) is 0 Å². The molecular formula is C16H14Cl2N2O3. The lowest BCUT2D eigenvalue weighted by molar-refractivity contribution is -0.124. The quantitative estimate of drug-likeness (QED) is 0.640. The molecule has 0 aromatic heterocycles. The molecular weight excluding hydrogens is 339 g/mol. The minimum absolute atomic E-state index is 0.160. The highest BCUT2D eigenvalue weighted by Crippen LogP contribution is 2.18. The third-order valence-corrected chi connectivity index (χ3v) is 3.61. The largest absolute Gasteiger partial charge is 0.452 e. The Morgan fingerprint density at radius 1 is 1.13 bits per heavy atom. The highest BCUT2D eigenvalue weighted by atomic mass is 35.5. The van der Waals surface area contributed by atoms with Crippen LogP contribution in [-0.2, 0) is 16.1 Å². The molecule has 0 bridgehead atoms. The molecule has 7 heteroatoms. The number of nitrogens with two attached hydrogens (primary N) is 1. The van der Waals surface area contributed by atoms with Crippen molar-refractivity contribution in [3.63, 3.8) is 0 Å². The van der Waals surface area contributed by atoms with Crippen molar-refractivity contribution < 1.29 is 14.3 Å². The number of esters is 1. The molecule has 0 saturated carbocycles. The molecule has 1 amide bonds. The monoisotopic (exact) mass is 352 g/mol. The summed E-state index contributed by atoms with van der Waals surface area (Å²) in [5, 5.41) is 3.59. The van der Waals surface area contributed by atoms with Gasteiger partial charge in [-0.1, -0.05) is 41.4 Å². The second-order valence-electron chi connectivity index (χ2n) is 4.68. The molecule has 120 valence electrons. The van der Waals surface area contributed by atoms with Gasteiger partial charge in [0, 0.05) is 22.3 Å². The predicted octanol–water partition coefficient (Wildman–Crippen LogP) is 3.05. The summed E-state index contributed by atoms with van der Waals surface area (Å²) in [7, 11) is 0. The second kappa shape index (κ2) is 7.85. The minimum Gasteiger partial charge on any atom is -0.452 e. The third-order valence-electron chi connectivity index (χ3n) is 3.00. The summed E-state index contributed by atoms with van der Waals surface area (Å²) < 4.78 is 4.92. The number of nitrogens with one attached hydrogen (secondary N) is 1. The van der Waals surface area contributed by atoms with Crippen LogP contribution in [0.3, 0.4) is 0 Å². The Kier molecular flexibility index (Phi) is 5.84. The number of rotatable bonds is 5. The van der Waals surface area contributed by atoms with Crippen molar-refractivity contribution in [3.05, 3.63) is 63.6 Å². The normalized spacial score (nSPS) is 10.2. The number of carbonyl (C=O) groups excluding carboxylic acids is 2. The zero-order chi connectivity index (χ0) is 16.8. The van der Waals surface area contributed by atoms with E-state index in [4.69, 9.17) is 33.7 Å². The molecule has 2 rings (SSSR count). The molecule has 0 unspecified atom stereocenters. The predicted molar refractivity (Wildman–Crippen MR) is 89.4 cm³/mol. The van der Waals surface area contributed by atoms with Gasteiger partial charge in [-0.3, -0.25) is 4.79 Å². The van der Waals surface area contributed by atoms with Crippen molar-refractivity contribution in [3.8, 4) is 0 Å². The first-order chi connectivity index (χ1) is 11.0. The minimum atomic E-state index is -0.688. The average Bonchev–Trinajstić information content (AvgIpc) is 2.52. The van der Waals surface area contributed by atoms with Crippen molar-refractivity contribution in [2.24, 2.45) is 0 Å². The molecule has 0 fully saturated rings. The molecule has 0 heterocycles. The summed E-state index contributed by atoms with van der Waals surface area (Å²) in [5.74, 6) is -1.13. The summed E-state index contributed by atoms with van der Waals surface area (Å²) >= 11 is 11.7. The van der Waals surface area contributed by atoms with E-state index >= 15 is 0 Å². The highest BCUT2D eigenvalue weighted by Gasteiger charge is 2.13. The Morgan fingerprint density at radius 2 is 1.87 bits per heavy atom. The molecule has 23 heavy (non-hydrogen) atoms. The van der Waals surface area contributed by atoms with E-state index in [0.29, 0.717) is 10.0 Å². The van der Waals surface area contributed by atoms with Crippen LogP contribution in [0.5, 0.6) is 0 Å². The number of ether oxygens (including phenoxy) is 1. The third kappa shape index (κ3) is 4.87. The zero-order valence-electron chi connectivity index (χ0n) is 12.0. The first-order valence-corrected chi connectivity index (χ1v) is 7.45. The Balaban J connectivity index is 1.84. The maximum Gasteiger partial charge on any atom is 0.340 e. The Morgan fingerprint density at radius 3 is 2.57 bits per heavy atom. The van der Waals surface area contributed by atoms with E-state index in [9.17, 15) is 9.59 Å². The molecule has 0 atom stereocenters. The van der Waals surface area contributed by atoms with E-state index < -0.39 is 18.5 Å². The number of hydrogen-bond acceptors (Lipinski definition) is 4. The van der Waals surface area contributed by atoms with Gasteiger partial charge in [-0.15, -0.1) is 0 Å². The van der Waals surface area contributed by atoms with E-state index in [0.717, 1.165) is 5.56 Å². The number of anilines is 1. The van der Waals surface area contributed by atoms with Crippen molar-refractivity contribution in [2.45, 2.75) is 6.54 Å². The lowest BCUT2D eigenvalue weighted by Crippen LogP contribution is -2.28. The number of nitrogen functional groups attached to an aromatic ring is 1.